The van der Waals surface area contributed by atoms with E-state index in [-0.39, 0.29) is 11.5 Å². The topological polar surface area (TPSA) is 43.8 Å². The quantitative estimate of drug-likeness (QED) is 0.737. The van der Waals surface area contributed by atoms with Gasteiger partial charge < -0.3 is 5.73 Å². The highest BCUT2D eigenvalue weighted by Crippen LogP contribution is 2.26. The van der Waals surface area contributed by atoms with Gasteiger partial charge in [-0.3, -0.25) is 4.57 Å². The molecule has 102 valence electrons. The number of fused-ring (bicyclic) bond motifs is 1. The van der Waals surface area contributed by atoms with Crippen molar-refractivity contribution < 1.29 is 8.78 Å². The van der Waals surface area contributed by atoms with Gasteiger partial charge in [0.25, 0.3) is 0 Å². The standard InChI is InChI=1S/C15H13F2N3/c1-8-3-9(2)5-11(4-8)20-13-7-10(16)6-12(17)14(13)19-15(20)18/h3-7H,1-2H3,(H2,18,19). The van der Waals surface area contributed by atoms with Gasteiger partial charge in [0.1, 0.15) is 11.3 Å². The first-order chi connectivity index (χ1) is 9.45. The molecule has 0 aliphatic carbocycles. The van der Waals surface area contributed by atoms with Crippen LogP contribution < -0.4 is 5.73 Å². The second-order valence-corrected chi connectivity index (χ2v) is 4.91. The summed E-state index contributed by atoms with van der Waals surface area (Å²) >= 11 is 0. The number of hydrogen-bond donors (Lipinski definition) is 1. The summed E-state index contributed by atoms with van der Waals surface area (Å²) in [6, 6.07) is 7.85. The predicted molar refractivity (Wildman–Crippen MR) is 74.9 cm³/mol. The van der Waals surface area contributed by atoms with Crippen LogP contribution in [-0.2, 0) is 0 Å². The highest BCUT2D eigenvalue weighted by Gasteiger charge is 2.15. The van der Waals surface area contributed by atoms with Crippen molar-refractivity contribution in [2.45, 2.75) is 13.8 Å². The molecule has 0 aliphatic rings. The van der Waals surface area contributed by atoms with Crippen LogP contribution in [0, 0.1) is 25.5 Å². The lowest BCUT2D eigenvalue weighted by Gasteiger charge is -2.09. The van der Waals surface area contributed by atoms with E-state index in [1.165, 1.54) is 6.07 Å². The molecule has 1 aromatic heterocycles. The summed E-state index contributed by atoms with van der Waals surface area (Å²) in [6.07, 6.45) is 0. The maximum Gasteiger partial charge on any atom is 0.206 e. The van der Waals surface area contributed by atoms with Gasteiger partial charge in [0, 0.05) is 17.8 Å². The number of aryl methyl sites for hydroxylation is 2. The highest BCUT2D eigenvalue weighted by atomic mass is 19.1. The molecule has 1 heterocycles. The average molecular weight is 273 g/mol. The molecule has 0 unspecified atom stereocenters. The van der Waals surface area contributed by atoms with E-state index in [2.05, 4.69) is 4.98 Å². The van der Waals surface area contributed by atoms with Gasteiger partial charge in [-0.2, -0.15) is 0 Å². The van der Waals surface area contributed by atoms with Gasteiger partial charge in [0.15, 0.2) is 5.82 Å². The van der Waals surface area contributed by atoms with Crippen molar-refractivity contribution >= 4 is 17.0 Å². The fourth-order valence-corrected chi connectivity index (χ4v) is 2.47. The van der Waals surface area contributed by atoms with Crippen LogP contribution in [0.5, 0.6) is 0 Å². The van der Waals surface area contributed by atoms with Crippen LogP contribution in [0.1, 0.15) is 11.1 Å². The van der Waals surface area contributed by atoms with Crippen molar-refractivity contribution in [3.8, 4) is 5.69 Å². The van der Waals surface area contributed by atoms with Gasteiger partial charge in [-0.15, -0.1) is 0 Å². The summed E-state index contributed by atoms with van der Waals surface area (Å²) in [6.45, 7) is 3.90. The molecule has 0 amide bonds. The number of hydrogen-bond acceptors (Lipinski definition) is 2. The molecule has 5 heteroatoms. The van der Waals surface area contributed by atoms with E-state index >= 15 is 0 Å². The SMILES string of the molecule is Cc1cc(C)cc(-n2c(N)nc3c(F)cc(F)cc32)c1. The molecule has 0 aliphatic heterocycles. The number of nitrogens with zero attached hydrogens (tertiary/aromatic N) is 2. The first-order valence-corrected chi connectivity index (χ1v) is 6.17. The predicted octanol–water partition coefficient (Wildman–Crippen LogP) is 3.50. The Labute approximate surface area is 114 Å². The zero-order valence-electron chi connectivity index (χ0n) is 11.1. The van der Waals surface area contributed by atoms with E-state index in [0.717, 1.165) is 22.9 Å². The maximum atomic E-state index is 13.7. The molecule has 2 aromatic carbocycles. The molecule has 0 saturated carbocycles. The minimum absolute atomic E-state index is 0.0723. The van der Waals surface area contributed by atoms with E-state index in [1.54, 1.807) is 4.57 Å². The van der Waals surface area contributed by atoms with E-state index < -0.39 is 11.6 Å². The van der Waals surface area contributed by atoms with Gasteiger partial charge in [0.2, 0.25) is 5.95 Å². The van der Waals surface area contributed by atoms with Gasteiger partial charge in [-0.25, -0.2) is 13.8 Å². The summed E-state index contributed by atoms with van der Waals surface area (Å²) in [4.78, 5) is 3.99. The monoisotopic (exact) mass is 273 g/mol. The smallest absolute Gasteiger partial charge is 0.206 e. The summed E-state index contributed by atoms with van der Waals surface area (Å²) in [5.41, 5.74) is 9.09. The fourth-order valence-electron chi connectivity index (χ4n) is 2.47. The van der Waals surface area contributed by atoms with Gasteiger partial charge in [0.05, 0.1) is 5.52 Å². The minimum atomic E-state index is -0.713. The maximum absolute atomic E-state index is 13.7. The van der Waals surface area contributed by atoms with Gasteiger partial charge >= 0.3 is 0 Å². The summed E-state index contributed by atoms with van der Waals surface area (Å²) < 4.78 is 28.7. The second kappa shape index (κ2) is 4.30. The minimum Gasteiger partial charge on any atom is -0.369 e. The fraction of sp³-hybridized carbons (Fsp3) is 0.133. The van der Waals surface area contributed by atoms with E-state index in [4.69, 9.17) is 5.73 Å². The van der Waals surface area contributed by atoms with Crippen LogP contribution in [0.15, 0.2) is 30.3 Å². The van der Waals surface area contributed by atoms with Crippen LogP contribution in [0.2, 0.25) is 0 Å². The van der Waals surface area contributed by atoms with E-state index in [0.29, 0.717) is 5.52 Å². The number of anilines is 1. The molecule has 0 radical (unpaired) electrons. The second-order valence-electron chi connectivity index (χ2n) is 4.91. The van der Waals surface area contributed by atoms with Crippen molar-refractivity contribution in [1.29, 1.82) is 0 Å². The number of benzene rings is 2. The third kappa shape index (κ3) is 1.91. The summed E-state index contributed by atoms with van der Waals surface area (Å²) in [5.74, 6) is -1.23. The number of halogens is 2. The van der Waals surface area contributed by atoms with Crippen molar-refractivity contribution in [3.05, 3.63) is 53.1 Å². The molecule has 0 spiro atoms. The number of rotatable bonds is 1. The van der Waals surface area contributed by atoms with Crippen LogP contribution in [-0.4, -0.2) is 9.55 Å². The third-order valence-electron chi connectivity index (χ3n) is 3.17. The number of aromatic nitrogens is 2. The van der Waals surface area contributed by atoms with E-state index in [1.807, 2.05) is 32.0 Å². The first kappa shape index (κ1) is 12.6. The van der Waals surface area contributed by atoms with Crippen LogP contribution in [0.4, 0.5) is 14.7 Å². The molecular weight excluding hydrogens is 260 g/mol. The molecule has 20 heavy (non-hydrogen) atoms. The molecule has 2 N–H and O–H groups in total. The number of nitrogen functional groups attached to an aromatic ring is 1. The van der Waals surface area contributed by atoms with Crippen molar-refractivity contribution in [1.82, 2.24) is 9.55 Å². The van der Waals surface area contributed by atoms with Crippen LogP contribution in [0.3, 0.4) is 0 Å². The first-order valence-electron chi connectivity index (χ1n) is 6.17. The molecule has 0 saturated heterocycles. The normalized spacial score (nSPS) is 11.2. The lowest BCUT2D eigenvalue weighted by atomic mass is 10.1. The Bertz CT molecular complexity index is 801. The van der Waals surface area contributed by atoms with Gasteiger partial charge in [-0.1, -0.05) is 6.07 Å². The molecule has 3 rings (SSSR count). The zero-order valence-corrected chi connectivity index (χ0v) is 11.1. The van der Waals surface area contributed by atoms with Crippen molar-refractivity contribution in [2.75, 3.05) is 5.73 Å². The average Bonchev–Trinajstić information content (AvgIpc) is 2.64. The lowest BCUT2D eigenvalue weighted by Crippen LogP contribution is -2.01. The molecule has 3 aromatic rings. The van der Waals surface area contributed by atoms with Crippen LogP contribution in [0.25, 0.3) is 16.7 Å². The third-order valence-corrected chi connectivity index (χ3v) is 3.17. The van der Waals surface area contributed by atoms with Crippen LogP contribution >= 0.6 is 0 Å². The largest absolute Gasteiger partial charge is 0.369 e. The Kier molecular flexibility index (Phi) is 2.71. The lowest BCUT2D eigenvalue weighted by molar-refractivity contribution is 0.590. The summed E-state index contributed by atoms with van der Waals surface area (Å²) in [5, 5.41) is 0. The molecular formula is C15H13F2N3. The molecule has 0 fully saturated rings. The highest BCUT2D eigenvalue weighted by molar-refractivity contribution is 5.81. The van der Waals surface area contributed by atoms with Crippen molar-refractivity contribution in [3.63, 3.8) is 0 Å². The Balaban J connectivity index is 2.38. The zero-order chi connectivity index (χ0) is 14.4. The number of imidazole rings is 1. The molecule has 0 bridgehead atoms. The molecule has 3 nitrogen and oxygen atoms in total. The Morgan fingerprint density at radius 1 is 1.00 bits per heavy atom. The van der Waals surface area contributed by atoms with E-state index in [9.17, 15) is 8.78 Å². The Morgan fingerprint density at radius 3 is 2.30 bits per heavy atom. The Hall–Kier alpha value is -2.43. The summed E-state index contributed by atoms with van der Waals surface area (Å²) in [7, 11) is 0. The van der Waals surface area contributed by atoms with Gasteiger partial charge in [-0.05, 0) is 37.1 Å². The molecule has 0 atom stereocenters. The Morgan fingerprint density at radius 2 is 1.65 bits per heavy atom. The van der Waals surface area contributed by atoms with Crippen molar-refractivity contribution in [2.24, 2.45) is 0 Å². The number of nitrogens with two attached hydrogens (primary N) is 1.